The highest BCUT2D eigenvalue weighted by molar-refractivity contribution is 8.00. The van der Waals surface area contributed by atoms with Crippen molar-refractivity contribution >= 4 is 34.3 Å². The molecule has 2 aromatic heterocycles. The molecule has 4 aromatic rings. The number of hydrogen-bond donors (Lipinski definition) is 2. The molecule has 0 unspecified atom stereocenters. The van der Waals surface area contributed by atoms with Gasteiger partial charge in [-0.05, 0) is 38.5 Å². The molecule has 0 saturated carbocycles. The van der Waals surface area contributed by atoms with E-state index in [-0.39, 0.29) is 11.2 Å². The average molecular weight is 392 g/mol. The molecule has 2 heterocycles. The van der Waals surface area contributed by atoms with Gasteiger partial charge in [0.05, 0.1) is 10.8 Å². The van der Waals surface area contributed by atoms with Crippen LogP contribution in [0.4, 0.5) is 5.69 Å². The van der Waals surface area contributed by atoms with Gasteiger partial charge in [0, 0.05) is 22.8 Å². The fourth-order valence-corrected chi connectivity index (χ4v) is 3.69. The number of amides is 1. The number of aromatic nitrogens is 3. The number of nitrogens with one attached hydrogen (secondary N) is 2. The summed E-state index contributed by atoms with van der Waals surface area (Å²) in [7, 11) is 0. The highest BCUT2D eigenvalue weighted by atomic mass is 32.2. The number of benzene rings is 2. The van der Waals surface area contributed by atoms with E-state index in [1.54, 1.807) is 0 Å². The summed E-state index contributed by atoms with van der Waals surface area (Å²) in [6, 6.07) is 13.9. The molecular weight excluding hydrogens is 372 g/mol. The minimum absolute atomic E-state index is 0.108. The summed E-state index contributed by atoms with van der Waals surface area (Å²) in [6.07, 6.45) is 1.85. The number of aryl methyl sites for hydroxylation is 2. The van der Waals surface area contributed by atoms with Crippen molar-refractivity contribution in [2.24, 2.45) is 0 Å². The van der Waals surface area contributed by atoms with E-state index in [2.05, 4.69) is 20.5 Å². The largest absolute Gasteiger partial charge is 0.411 e. The van der Waals surface area contributed by atoms with Crippen LogP contribution in [0.2, 0.25) is 0 Å². The average Bonchev–Trinajstić information content (AvgIpc) is 3.30. The third kappa shape index (κ3) is 3.66. The minimum Gasteiger partial charge on any atom is -0.411 e. The predicted octanol–water partition coefficient (Wildman–Crippen LogP) is 4.95. The lowest BCUT2D eigenvalue weighted by Crippen LogP contribution is -2.22. The van der Waals surface area contributed by atoms with Crippen LogP contribution in [-0.4, -0.2) is 26.3 Å². The summed E-state index contributed by atoms with van der Waals surface area (Å²) < 4.78 is 5.79. The molecule has 6 nitrogen and oxygen atoms in total. The number of hydrogen-bond acceptors (Lipinski definition) is 5. The summed E-state index contributed by atoms with van der Waals surface area (Å²) in [5.74, 6) is 0.325. The van der Waals surface area contributed by atoms with Crippen molar-refractivity contribution in [3.63, 3.8) is 0 Å². The molecule has 2 N–H and O–H groups in total. The molecule has 1 amide bonds. The molecule has 0 saturated heterocycles. The Morgan fingerprint density at radius 3 is 2.82 bits per heavy atom. The van der Waals surface area contributed by atoms with Gasteiger partial charge in [0.15, 0.2) is 0 Å². The summed E-state index contributed by atoms with van der Waals surface area (Å²) in [6.45, 7) is 5.82. The fraction of sp³-hybridized carbons (Fsp3) is 0.190. The number of rotatable bonds is 5. The maximum absolute atomic E-state index is 12.5. The Morgan fingerprint density at radius 1 is 1.18 bits per heavy atom. The van der Waals surface area contributed by atoms with Gasteiger partial charge in [-0.3, -0.25) is 4.79 Å². The van der Waals surface area contributed by atoms with Gasteiger partial charge in [-0.15, -0.1) is 10.2 Å². The maximum atomic E-state index is 12.5. The van der Waals surface area contributed by atoms with Crippen molar-refractivity contribution < 1.29 is 9.21 Å². The molecule has 2 aromatic carbocycles. The van der Waals surface area contributed by atoms with E-state index in [4.69, 9.17) is 4.42 Å². The van der Waals surface area contributed by atoms with Gasteiger partial charge in [-0.2, -0.15) is 0 Å². The highest BCUT2D eigenvalue weighted by Crippen LogP contribution is 2.31. The third-order valence-corrected chi connectivity index (χ3v) is 5.45. The van der Waals surface area contributed by atoms with Crippen LogP contribution in [0.3, 0.4) is 0 Å². The molecule has 28 heavy (non-hydrogen) atoms. The molecular formula is C21H20N4O2S. The molecule has 0 spiro atoms. The molecule has 0 aliphatic heterocycles. The Kier molecular flexibility index (Phi) is 4.92. The lowest BCUT2D eigenvalue weighted by atomic mass is 10.1. The summed E-state index contributed by atoms with van der Waals surface area (Å²) in [4.78, 5) is 15.7. The van der Waals surface area contributed by atoms with Crippen molar-refractivity contribution in [3.8, 4) is 11.5 Å². The molecule has 0 fully saturated rings. The van der Waals surface area contributed by atoms with Crippen molar-refractivity contribution in [2.75, 3.05) is 5.32 Å². The first-order valence-electron chi connectivity index (χ1n) is 8.96. The van der Waals surface area contributed by atoms with E-state index < -0.39 is 0 Å². The fourth-order valence-electron chi connectivity index (χ4n) is 3.01. The van der Waals surface area contributed by atoms with Gasteiger partial charge in [0.2, 0.25) is 5.91 Å². The smallest absolute Gasteiger partial charge is 0.277 e. The molecule has 7 heteroatoms. The second-order valence-electron chi connectivity index (χ2n) is 6.69. The second kappa shape index (κ2) is 7.52. The first kappa shape index (κ1) is 18.3. The van der Waals surface area contributed by atoms with Gasteiger partial charge in [-0.25, -0.2) is 0 Å². The zero-order chi connectivity index (χ0) is 19.7. The zero-order valence-corrected chi connectivity index (χ0v) is 16.6. The SMILES string of the molecule is Cc1ccc(NC(=O)[C@H](C)Sc2nnc(-c3c[nH]c4ccccc34)o2)c(C)c1. The van der Waals surface area contributed by atoms with E-state index in [0.717, 1.165) is 33.3 Å². The first-order chi connectivity index (χ1) is 13.5. The zero-order valence-electron chi connectivity index (χ0n) is 15.8. The molecule has 0 bridgehead atoms. The summed E-state index contributed by atoms with van der Waals surface area (Å²) in [5, 5.41) is 12.2. The number of nitrogens with zero attached hydrogens (tertiary/aromatic N) is 2. The van der Waals surface area contributed by atoms with Crippen molar-refractivity contribution in [3.05, 3.63) is 59.8 Å². The topological polar surface area (TPSA) is 83.8 Å². The van der Waals surface area contributed by atoms with Crippen molar-refractivity contribution in [1.82, 2.24) is 15.2 Å². The number of carbonyl (C=O) groups excluding carboxylic acids is 1. The summed E-state index contributed by atoms with van der Waals surface area (Å²) >= 11 is 1.24. The van der Waals surface area contributed by atoms with Crippen LogP contribution in [0.5, 0.6) is 0 Å². The van der Waals surface area contributed by atoms with Gasteiger partial charge < -0.3 is 14.7 Å². The predicted molar refractivity (Wildman–Crippen MR) is 111 cm³/mol. The second-order valence-corrected chi connectivity index (χ2v) is 7.98. The third-order valence-electron chi connectivity index (χ3n) is 4.51. The monoisotopic (exact) mass is 392 g/mol. The Labute approximate surface area is 166 Å². The Morgan fingerprint density at radius 2 is 2.00 bits per heavy atom. The quantitative estimate of drug-likeness (QED) is 0.469. The van der Waals surface area contributed by atoms with Crippen molar-refractivity contribution in [2.45, 2.75) is 31.2 Å². The van der Waals surface area contributed by atoms with Gasteiger partial charge >= 0.3 is 0 Å². The van der Waals surface area contributed by atoms with E-state index in [1.807, 2.05) is 69.4 Å². The van der Waals surface area contributed by atoms with Crippen LogP contribution in [0.15, 0.2) is 58.3 Å². The lowest BCUT2D eigenvalue weighted by molar-refractivity contribution is -0.115. The number of para-hydroxylation sites is 1. The van der Waals surface area contributed by atoms with Gasteiger partial charge in [-0.1, -0.05) is 47.7 Å². The van der Waals surface area contributed by atoms with Crippen LogP contribution in [0.1, 0.15) is 18.1 Å². The molecule has 0 aliphatic carbocycles. The minimum atomic E-state index is -0.378. The normalized spacial score (nSPS) is 12.2. The van der Waals surface area contributed by atoms with Crippen LogP contribution in [0, 0.1) is 13.8 Å². The summed E-state index contributed by atoms with van der Waals surface area (Å²) in [5.41, 5.74) is 4.86. The van der Waals surface area contributed by atoms with E-state index >= 15 is 0 Å². The van der Waals surface area contributed by atoms with E-state index in [1.165, 1.54) is 11.8 Å². The van der Waals surface area contributed by atoms with Gasteiger partial charge in [0.1, 0.15) is 0 Å². The van der Waals surface area contributed by atoms with E-state index in [9.17, 15) is 4.79 Å². The standard InChI is InChI=1S/C21H20N4O2S/c1-12-8-9-17(13(2)10-12)23-19(26)14(3)28-21-25-24-20(27-21)16-11-22-18-7-5-4-6-15(16)18/h4-11,14,22H,1-3H3,(H,23,26)/t14-/m0/s1. The van der Waals surface area contributed by atoms with Crippen LogP contribution < -0.4 is 5.32 Å². The molecule has 4 rings (SSSR count). The Bertz CT molecular complexity index is 1150. The van der Waals surface area contributed by atoms with E-state index in [0.29, 0.717) is 11.1 Å². The van der Waals surface area contributed by atoms with Gasteiger partial charge in [0.25, 0.3) is 11.1 Å². The number of anilines is 1. The number of thioether (sulfide) groups is 1. The van der Waals surface area contributed by atoms with Crippen LogP contribution >= 0.6 is 11.8 Å². The molecule has 142 valence electrons. The first-order valence-corrected chi connectivity index (χ1v) is 9.84. The lowest BCUT2D eigenvalue weighted by Gasteiger charge is -2.12. The van der Waals surface area contributed by atoms with Crippen molar-refractivity contribution in [1.29, 1.82) is 0 Å². The Hall–Kier alpha value is -3.06. The molecule has 1 atom stereocenters. The van der Waals surface area contributed by atoms with Crippen LogP contribution in [0.25, 0.3) is 22.4 Å². The molecule has 0 radical (unpaired) electrons. The Balaban J connectivity index is 1.46. The highest BCUT2D eigenvalue weighted by Gasteiger charge is 2.20. The molecule has 0 aliphatic rings. The number of fused-ring (bicyclic) bond motifs is 1. The number of carbonyl (C=O) groups is 1. The van der Waals surface area contributed by atoms with Crippen LogP contribution in [-0.2, 0) is 4.79 Å². The number of H-pyrrole nitrogens is 1. The maximum Gasteiger partial charge on any atom is 0.277 e. The number of aromatic amines is 1.